The van der Waals surface area contributed by atoms with Crippen LogP contribution in [0.4, 0.5) is 10.5 Å². The van der Waals surface area contributed by atoms with Crippen LogP contribution in [0.3, 0.4) is 0 Å². The number of piperidine rings is 1. The number of rotatable bonds is 5. The zero-order valence-electron chi connectivity index (χ0n) is 16.9. The van der Waals surface area contributed by atoms with Gasteiger partial charge in [-0.25, -0.2) is 28.0 Å². The number of anilines is 1. The third kappa shape index (κ3) is 5.12. The van der Waals surface area contributed by atoms with Gasteiger partial charge in [0, 0.05) is 37.1 Å². The summed E-state index contributed by atoms with van der Waals surface area (Å²) in [7, 11) is -3.47. The van der Waals surface area contributed by atoms with Crippen molar-refractivity contribution in [2.75, 3.05) is 31.3 Å². The van der Waals surface area contributed by atoms with Crippen LogP contribution in [0, 0.1) is 0 Å². The van der Waals surface area contributed by atoms with Gasteiger partial charge in [-0.05, 0) is 44.0 Å². The predicted molar refractivity (Wildman–Crippen MR) is 110 cm³/mol. The summed E-state index contributed by atoms with van der Waals surface area (Å²) >= 11 is 0. The fourth-order valence-electron chi connectivity index (χ4n) is 3.41. The molecule has 1 saturated heterocycles. The number of benzene rings is 1. The van der Waals surface area contributed by atoms with Crippen molar-refractivity contribution in [1.82, 2.24) is 14.9 Å². The molecule has 2 aromatic rings. The Hall–Kier alpha value is -3.01. The Balaban J connectivity index is 1.69. The Morgan fingerprint density at radius 1 is 1.27 bits per heavy atom. The van der Waals surface area contributed by atoms with E-state index in [-0.39, 0.29) is 16.8 Å². The van der Waals surface area contributed by atoms with Gasteiger partial charge in [-0.2, -0.15) is 0 Å². The summed E-state index contributed by atoms with van der Waals surface area (Å²) in [6.45, 7) is 2.94. The van der Waals surface area contributed by atoms with Crippen LogP contribution < -0.4 is 5.32 Å². The minimum Gasteiger partial charge on any atom is -0.462 e. The molecule has 10 heteroatoms. The molecular weight excluding hydrogens is 408 g/mol. The van der Waals surface area contributed by atoms with Crippen LogP contribution in [0.15, 0.2) is 41.7 Å². The fourth-order valence-corrected chi connectivity index (χ4v) is 4.26. The molecule has 0 spiro atoms. The molecule has 1 atom stereocenters. The number of amides is 2. The number of sulfone groups is 1. The summed E-state index contributed by atoms with van der Waals surface area (Å²) in [5.74, 6) is -0.607. The highest BCUT2D eigenvalue weighted by Gasteiger charge is 2.29. The molecule has 1 fully saturated rings. The van der Waals surface area contributed by atoms with E-state index >= 15 is 0 Å². The van der Waals surface area contributed by atoms with Gasteiger partial charge in [-0.1, -0.05) is 0 Å². The highest BCUT2D eigenvalue weighted by molar-refractivity contribution is 7.90. The van der Waals surface area contributed by atoms with E-state index in [1.807, 2.05) is 0 Å². The van der Waals surface area contributed by atoms with E-state index in [1.54, 1.807) is 36.1 Å². The first-order chi connectivity index (χ1) is 14.3. The predicted octanol–water partition coefficient (Wildman–Crippen LogP) is 2.47. The molecule has 1 aromatic carbocycles. The number of aromatic nitrogens is 2. The average Bonchev–Trinajstić information content (AvgIpc) is 2.74. The molecule has 2 amide bonds. The average molecular weight is 433 g/mol. The maximum atomic E-state index is 12.7. The van der Waals surface area contributed by atoms with Crippen molar-refractivity contribution in [1.29, 1.82) is 0 Å². The highest BCUT2D eigenvalue weighted by Crippen LogP contribution is 2.29. The molecule has 0 radical (unpaired) electrons. The number of esters is 1. The van der Waals surface area contributed by atoms with Gasteiger partial charge in [0.1, 0.15) is 11.2 Å². The number of ether oxygens (including phenoxy) is 1. The fraction of sp³-hybridized carbons (Fsp3) is 0.400. The van der Waals surface area contributed by atoms with Crippen LogP contribution in [-0.4, -0.2) is 61.2 Å². The molecule has 0 aliphatic carbocycles. The van der Waals surface area contributed by atoms with Gasteiger partial charge in [0.05, 0.1) is 17.9 Å². The van der Waals surface area contributed by atoms with Crippen molar-refractivity contribution in [2.45, 2.75) is 30.6 Å². The standard InChI is InChI=1S/C20H24N4O5S/c1-3-29-19(25)14-6-8-16(9-7-14)23-20(26)24-10-4-5-15(12-24)18-17(30(2,27)28)11-21-13-22-18/h6-9,11,13,15H,3-5,10,12H2,1-2H3,(H,23,26)/t15-/m1/s1. The summed E-state index contributed by atoms with van der Waals surface area (Å²) in [6, 6.07) is 6.16. The number of hydrogen-bond acceptors (Lipinski definition) is 7. The van der Waals surface area contributed by atoms with Crippen molar-refractivity contribution in [3.05, 3.63) is 48.0 Å². The van der Waals surface area contributed by atoms with Gasteiger partial charge in [0.2, 0.25) is 0 Å². The highest BCUT2D eigenvalue weighted by atomic mass is 32.2. The smallest absolute Gasteiger partial charge is 0.338 e. The van der Waals surface area contributed by atoms with E-state index in [0.29, 0.717) is 36.6 Å². The summed E-state index contributed by atoms with van der Waals surface area (Å²) in [6.07, 6.45) is 5.23. The van der Waals surface area contributed by atoms with E-state index in [9.17, 15) is 18.0 Å². The van der Waals surface area contributed by atoms with Gasteiger partial charge in [0.25, 0.3) is 0 Å². The Morgan fingerprint density at radius 3 is 2.67 bits per heavy atom. The third-order valence-electron chi connectivity index (χ3n) is 4.85. The molecular formula is C20H24N4O5S. The third-order valence-corrected chi connectivity index (χ3v) is 5.96. The molecule has 1 aromatic heterocycles. The molecule has 160 valence electrons. The number of likely N-dealkylation sites (tertiary alicyclic amines) is 1. The van der Waals surface area contributed by atoms with Crippen LogP contribution in [0.1, 0.15) is 41.7 Å². The molecule has 1 aliphatic rings. The monoisotopic (exact) mass is 432 g/mol. The van der Waals surface area contributed by atoms with Crippen LogP contribution in [0.2, 0.25) is 0 Å². The molecule has 1 aliphatic heterocycles. The number of nitrogens with zero attached hydrogens (tertiary/aromatic N) is 3. The summed E-state index contributed by atoms with van der Waals surface area (Å²) in [5.41, 5.74) is 1.41. The first kappa shape index (κ1) is 21.7. The zero-order chi connectivity index (χ0) is 21.7. The van der Waals surface area contributed by atoms with Crippen molar-refractivity contribution >= 4 is 27.5 Å². The second kappa shape index (κ2) is 9.21. The molecule has 9 nitrogen and oxygen atoms in total. The minimum atomic E-state index is -3.47. The lowest BCUT2D eigenvalue weighted by Crippen LogP contribution is -2.42. The maximum absolute atomic E-state index is 12.7. The van der Waals surface area contributed by atoms with Crippen LogP contribution in [0.5, 0.6) is 0 Å². The largest absolute Gasteiger partial charge is 0.462 e. The normalized spacial score (nSPS) is 16.7. The Bertz CT molecular complexity index is 1020. The first-order valence-electron chi connectivity index (χ1n) is 9.62. The summed E-state index contributed by atoms with van der Waals surface area (Å²) in [4.78, 5) is 34.2. The minimum absolute atomic E-state index is 0.104. The molecule has 30 heavy (non-hydrogen) atoms. The van der Waals surface area contributed by atoms with E-state index in [1.165, 1.54) is 12.5 Å². The van der Waals surface area contributed by atoms with Crippen molar-refractivity contribution in [3.8, 4) is 0 Å². The van der Waals surface area contributed by atoms with Gasteiger partial charge >= 0.3 is 12.0 Å². The lowest BCUT2D eigenvalue weighted by atomic mass is 9.94. The lowest BCUT2D eigenvalue weighted by Gasteiger charge is -2.33. The number of hydrogen-bond donors (Lipinski definition) is 1. The van der Waals surface area contributed by atoms with Crippen molar-refractivity contribution in [2.24, 2.45) is 0 Å². The summed E-state index contributed by atoms with van der Waals surface area (Å²) < 4.78 is 29.1. The first-order valence-corrected chi connectivity index (χ1v) is 11.5. The van der Waals surface area contributed by atoms with E-state index in [4.69, 9.17) is 4.74 Å². The molecule has 3 rings (SSSR count). The number of nitrogens with one attached hydrogen (secondary N) is 1. The second-order valence-electron chi connectivity index (χ2n) is 7.06. The van der Waals surface area contributed by atoms with Crippen molar-refractivity contribution in [3.63, 3.8) is 0 Å². The topological polar surface area (TPSA) is 119 Å². The number of urea groups is 1. The van der Waals surface area contributed by atoms with E-state index < -0.39 is 15.8 Å². The second-order valence-corrected chi connectivity index (χ2v) is 9.04. The summed E-state index contributed by atoms with van der Waals surface area (Å²) in [5, 5.41) is 2.81. The number of carbonyl (C=O) groups is 2. The molecule has 0 unspecified atom stereocenters. The molecule has 0 saturated carbocycles. The Morgan fingerprint density at radius 2 is 2.00 bits per heavy atom. The van der Waals surface area contributed by atoms with Crippen LogP contribution in [0.25, 0.3) is 0 Å². The van der Waals surface area contributed by atoms with Gasteiger partial charge < -0.3 is 15.0 Å². The van der Waals surface area contributed by atoms with E-state index in [2.05, 4.69) is 15.3 Å². The Labute approximate surface area is 175 Å². The number of carbonyl (C=O) groups excluding carboxylic acids is 2. The lowest BCUT2D eigenvalue weighted by molar-refractivity contribution is 0.0526. The van der Waals surface area contributed by atoms with E-state index in [0.717, 1.165) is 19.1 Å². The Kier molecular flexibility index (Phi) is 6.66. The quantitative estimate of drug-likeness (QED) is 0.721. The van der Waals surface area contributed by atoms with Crippen molar-refractivity contribution < 1.29 is 22.7 Å². The van der Waals surface area contributed by atoms with Gasteiger partial charge in [-0.3, -0.25) is 0 Å². The molecule has 2 heterocycles. The van der Waals surface area contributed by atoms with Gasteiger partial charge in [-0.15, -0.1) is 0 Å². The molecule has 1 N–H and O–H groups in total. The maximum Gasteiger partial charge on any atom is 0.338 e. The van der Waals surface area contributed by atoms with Crippen LogP contribution in [-0.2, 0) is 14.6 Å². The SMILES string of the molecule is CCOC(=O)c1ccc(NC(=O)N2CCC[C@@H](c3ncncc3S(C)(=O)=O)C2)cc1. The zero-order valence-corrected chi connectivity index (χ0v) is 17.7. The van der Waals surface area contributed by atoms with Crippen LogP contribution >= 0.6 is 0 Å². The molecule has 0 bridgehead atoms. The van der Waals surface area contributed by atoms with Gasteiger partial charge in [0.15, 0.2) is 9.84 Å².